The van der Waals surface area contributed by atoms with Crippen molar-refractivity contribution >= 4 is 27.2 Å². The fourth-order valence-corrected chi connectivity index (χ4v) is 2.89. The molecular formula is C14H11FN2OS. The van der Waals surface area contributed by atoms with E-state index in [1.807, 2.05) is 6.07 Å². The minimum atomic E-state index is -0.263. The third-order valence-corrected chi connectivity index (χ3v) is 3.89. The summed E-state index contributed by atoms with van der Waals surface area (Å²) in [6.07, 6.45) is 0. The zero-order valence-corrected chi connectivity index (χ0v) is 11.0. The molecule has 19 heavy (non-hydrogen) atoms. The van der Waals surface area contributed by atoms with E-state index in [1.54, 1.807) is 25.3 Å². The number of aromatic nitrogens is 1. The molecule has 0 fully saturated rings. The smallest absolute Gasteiger partial charge is 0.126 e. The number of hydrogen-bond donors (Lipinski definition) is 1. The van der Waals surface area contributed by atoms with Crippen molar-refractivity contribution in [3.8, 4) is 16.3 Å². The van der Waals surface area contributed by atoms with Crippen molar-refractivity contribution in [3.63, 3.8) is 0 Å². The molecule has 0 aliphatic heterocycles. The number of nitrogen functional groups attached to an aromatic ring is 1. The number of thiazole rings is 1. The van der Waals surface area contributed by atoms with E-state index in [1.165, 1.54) is 23.5 Å². The predicted molar refractivity (Wildman–Crippen MR) is 76.0 cm³/mol. The van der Waals surface area contributed by atoms with E-state index in [9.17, 15) is 4.39 Å². The Labute approximate surface area is 113 Å². The average molecular weight is 274 g/mol. The first-order chi connectivity index (χ1) is 9.17. The first-order valence-electron chi connectivity index (χ1n) is 5.67. The molecule has 96 valence electrons. The molecule has 0 radical (unpaired) electrons. The van der Waals surface area contributed by atoms with Gasteiger partial charge in [-0.1, -0.05) is 0 Å². The minimum absolute atomic E-state index is 0.263. The van der Waals surface area contributed by atoms with Gasteiger partial charge >= 0.3 is 0 Å². The Morgan fingerprint density at radius 2 is 2.05 bits per heavy atom. The zero-order chi connectivity index (χ0) is 13.4. The van der Waals surface area contributed by atoms with Gasteiger partial charge in [-0.05, 0) is 36.4 Å². The molecule has 0 spiro atoms. The molecule has 0 saturated heterocycles. The largest absolute Gasteiger partial charge is 0.497 e. The number of rotatable bonds is 2. The van der Waals surface area contributed by atoms with Crippen LogP contribution in [0.4, 0.5) is 10.1 Å². The van der Waals surface area contributed by atoms with Crippen molar-refractivity contribution in [2.75, 3.05) is 12.8 Å². The lowest BCUT2D eigenvalue weighted by molar-refractivity contribution is 0.415. The average Bonchev–Trinajstić information content (AvgIpc) is 2.82. The van der Waals surface area contributed by atoms with Gasteiger partial charge in [0.1, 0.15) is 16.6 Å². The van der Waals surface area contributed by atoms with Crippen LogP contribution in [-0.2, 0) is 0 Å². The van der Waals surface area contributed by atoms with Crippen molar-refractivity contribution in [2.24, 2.45) is 0 Å². The topological polar surface area (TPSA) is 48.1 Å². The van der Waals surface area contributed by atoms with Crippen LogP contribution in [0.15, 0.2) is 36.4 Å². The molecule has 0 bridgehead atoms. The first-order valence-corrected chi connectivity index (χ1v) is 6.49. The van der Waals surface area contributed by atoms with Crippen molar-refractivity contribution in [1.29, 1.82) is 0 Å². The third kappa shape index (κ3) is 2.13. The maximum absolute atomic E-state index is 13.2. The number of nitrogens with zero attached hydrogens (tertiary/aromatic N) is 1. The van der Waals surface area contributed by atoms with E-state index in [4.69, 9.17) is 10.5 Å². The Balaban J connectivity index is 2.18. The molecule has 0 aliphatic carbocycles. The maximum atomic E-state index is 13.2. The van der Waals surface area contributed by atoms with Crippen LogP contribution in [0.5, 0.6) is 5.75 Å². The van der Waals surface area contributed by atoms with Gasteiger partial charge in [0.15, 0.2) is 0 Å². The van der Waals surface area contributed by atoms with Gasteiger partial charge in [0.05, 0.1) is 17.3 Å². The number of methoxy groups -OCH3 is 1. The highest BCUT2D eigenvalue weighted by Crippen LogP contribution is 2.35. The van der Waals surface area contributed by atoms with Crippen LogP contribution in [-0.4, -0.2) is 12.1 Å². The predicted octanol–water partition coefficient (Wildman–Crippen LogP) is 3.69. The molecule has 3 aromatic rings. The van der Waals surface area contributed by atoms with E-state index in [-0.39, 0.29) is 5.82 Å². The molecule has 1 aromatic heterocycles. The van der Waals surface area contributed by atoms with Gasteiger partial charge in [0.25, 0.3) is 0 Å². The number of nitrogens with two attached hydrogens (primary N) is 1. The van der Waals surface area contributed by atoms with E-state index in [0.29, 0.717) is 5.69 Å². The lowest BCUT2D eigenvalue weighted by Crippen LogP contribution is -1.91. The molecule has 3 nitrogen and oxygen atoms in total. The van der Waals surface area contributed by atoms with Crippen molar-refractivity contribution in [1.82, 2.24) is 4.98 Å². The molecule has 0 amide bonds. The quantitative estimate of drug-likeness (QED) is 0.725. The second-order valence-electron chi connectivity index (χ2n) is 4.08. The fourth-order valence-electron chi connectivity index (χ4n) is 1.86. The summed E-state index contributed by atoms with van der Waals surface area (Å²) < 4.78 is 19.2. The van der Waals surface area contributed by atoms with E-state index in [0.717, 1.165) is 26.5 Å². The molecule has 3 rings (SSSR count). The molecule has 1 heterocycles. The van der Waals surface area contributed by atoms with Gasteiger partial charge in [0, 0.05) is 11.3 Å². The number of anilines is 1. The van der Waals surface area contributed by atoms with Crippen molar-refractivity contribution in [2.45, 2.75) is 0 Å². The van der Waals surface area contributed by atoms with Gasteiger partial charge in [-0.25, -0.2) is 9.37 Å². The summed E-state index contributed by atoms with van der Waals surface area (Å²) in [5.74, 6) is 0.455. The van der Waals surface area contributed by atoms with Crippen LogP contribution in [0.1, 0.15) is 0 Å². The van der Waals surface area contributed by atoms with Crippen LogP contribution >= 0.6 is 11.3 Å². The number of ether oxygens (including phenoxy) is 1. The summed E-state index contributed by atoms with van der Waals surface area (Å²) in [6.45, 7) is 0. The molecular weight excluding hydrogens is 263 g/mol. The molecule has 0 saturated carbocycles. The van der Waals surface area contributed by atoms with Gasteiger partial charge in [-0.15, -0.1) is 11.3 Å². The van der Waals surface area contributed by atoms with Gasteiger partial charge < -0.3 is 10.5 Å². The Bertz CT molecular complexity index is 754. The first kappa shape index (κ1) is 11.9. The van der Waals surface area contributed by atoms with Crippen LogP contribution in [0, 0.1) is 5.82 Å². The SMILES string of the molecule is COc1ccc(N)c(-c2nc3ccc(F)cc3s2)c1. The summed E-state index contributed by atoms with van der Waals surface area (Å²) in [7, 11) is 1.60. The molecule has 5 heteroatoms. The lowest BCUT2D eigenvalue weighted by Gasteiger charge is -2.05. The van der Waals surface area contributed by atoms with Gasteiger partial charge in [0.2, 0.25) is 0 Å². The summed E-state index contributed by atoms with van der Waals surface area (Å²) >= 11 is 1.41. The molecule has 2 aromatic carbocycles. The zero-order valence-electron chi connectivity index (χ0n) is 10.2. The number of halogens is 1. The Morgan fingerprint density at radius 3 is 2.84 bits per heavy atom. The molecule has 0 atom stereocenters. The van der Waals surface area contributed by atoms with Crippen LogP contribution in [0.25, 0.3) is 20.8 Å². The highest BCUT2D eigenvalue weighted by atomic mass is 32.1. The molecule has 2 N–H and O–H groups in total. The fraction of sp³-hybridized carbons (Fsp3) is 0.0714. The maximum Gasteiger partial charge on any atom is 0.126 e. The van der Waals surface area contributed by atoms with Crippen LogP contribution in [0.3, 0.4) is 0 Å². The van der Waals surface area contributed by atoms with Gasteiger partial charge in [-0.3, -0.25) is 0 Å². The second-order valence-corrected chi connectivity index (χ2v) is 5.11. The summed E-state index contributed by atoms with van der Waals surface area (Å²) in [6, 6.07) is 9.96. The summed E-state index contributed by atoms with van der Waals surface area (Å²) in [5.41, 5.74) is 8.16. The summed E-state index contributed by atoms with van der Waals surface area (Å²) in [4.78, 5) is 4.48. The highest BCUT2D eigenvalue weighted by molar-refractivity contribution is 7.21. The minimum Gasteiger partial charge on any atom is -0.497 e. The number of fused-ring (bicyclic) bond motifs is 1. The monoisotopic (exact) mass is 274 g/mol. The lowest BCUT2D eigenvalue weighted by atomic mass is 10.2. The van der Waals surface area contributed by atoms with E-state index in [2.05, 4.69) is 4.98 Å². The highest BCUT2D eigenvalue weighted by Gasteiger charge is 2.11. The second kappa shape index (κ2) is 4.51. The van der Waals surface area contributed by atoms with Crippen molar-refractivity contribution in [3.05, 3.63) is 42.2 Å². The van der Waals surface area contributed by atoms with E-state index < -0.39 is 0 Å². The molecule has 0 unspecified atom stereocenters. The number of hydrogen-bond acceptors (Lipinski definition) is 4. The number of benzene rings is 2. The standard InChI is InChI=1S/C14H11FN2OS/c1-18-9-3-4-11(16)10(7-9)14-17-12-5-2-8(15)6-13(12)19-14/h2-7H,16H2,1H3. The van der Waals surface area contributed by atoms with E-state index >= 15 is 0 Å². The van der Waals surface area contributed by atoms with Crippen LogP contribution < -0.4 is 10.5 Å². The Kier molecular flexibility index (Phi) is 2.83. The Morgan fingerprint density at radius 1 is 1.21 bits per heavy atom. The van der Waals surface area contributed by atoms with Gasteiger partial charge in [-0.2, -0.15) is 0 Å². The Hall–Kier alpha value is -2.14. The van der Waals surface area contributed by atoms with Crippen LogP contribution in [0.2, 0.25) is 0 Å². The normalized spacial score (nSPS) is 10.8. The summed E-state index contributed by atoms with van der Waals surface area (Å²) in [5, 5.41) is 0.761. The molecule has 0 aliphatic rings. The van der Waals surface area contributed by atoms with Crippen molar-refractivity contribution < 1.29 is 9.13 Å². The third-order valence-electron chi connectivity index (χ3n) is 2.84.